The second-order valence-electron chi connectivity index (χ2n) is 7.67. The van der Waals surface area contributed by atoms with Gasteiger partial charge in [-0.15, -0.1) is 10.2 Å². The normalized spacial score (nSPS) is 10.8. The predicted molar refractivity (Wildman–Crippen MR) is 128 cm³/mol. The van der Waals surface area contributed by atoms with Gasteiger partial charge in [0, 0.05) is 24.5 Å². The highest BCUT2D eigenvalue weighted by molar-refractivity contribution is 5.95. The van der Waals surface area contributed by atoms with Crippen LogP contribution in [0.2, 0.25) is 0 Å². The van der Waals surface area contributed by atoms with E-state index in [2.05, 4.69) is 41.0 Å². The first kappa shape index (κ1) is 21.9. The number of para-hydroxylation sites is 1. The highest BCUT2D eigenvalue weighted by Crippen LogP contribution is 2.16. The van der Waals surface area contributed by atoms with Crippen LogP contribution in [0.5, 0.6) is 0 Å². The minimum atomic E-state index is -0.201. The van der Waals surface area contributed by atoms with Crippen LogP contribution in [0, 0.1) is 0 Å². The van der Waals surface area contributed by atoms with Gasteiger partial charge in [0.1, 0.15) is 17.7 Å². The van der Waals surface area contributed by atoms with Crippen molar-refractivity contribution in [2.45, 2.75) is 13.1 Å². The number of benzene rings is 2. The summed E-state index contributed by atoms with van der Waals surface area (Å²) in [6.45, 7) is 0.705. The quantitative estimate of drug-likeness (QED) is 0.357. The van der Waals surface area contributed by atoms with Crippen LogP contribution in [-0.2, 0) is 20.1 Å². The second-order valence-corrected chi connectivity index (χ2v) is 7.67. The van der Waals surface area contributed by atoms with Crippen molar-refractivity contribution in [1.82, 2.24) is 45.0 Å². The monoisotopic (exact) mass is 466 g/mol. The smallest absolute Gasteiger partial charge is 0.251 e. The number of hydrogen-bond donors (Lipinski definition) is 2. The first-order valence-corrected chi connectivity index (χ1v) is 10.9. The standard InChI is InChI=1S/C24H22N10O/c1-33-22(30-31-23(33)21-10-11-25-16-28-21)15-26-18-7-5-6-17(12-18)24(35)27-13-19-14-29-34(32-19)20-8-3-2-4-9-20/h2-12,14,16,26H,13,15H2,1H3,(H,27,35). The van der Waals surface area contributed by atoms with Gasteiger partial charge in [0.05, 0.1) is 25.0 Å². The summed E-state index contributed by atoms with van der Waals surface area (Å²) in [6.07, 6.45) is 4.78. The molecule has 2 N–H and O–H groups in total. The summed E-state index contributed by atoms with van der Waals surface area (Å²) in [5, 5.41) is 23.3. The van der Waals surface area contributed by atoms with Crippen LogP contribution in [0.3, 0.4) is 0 Å². The fourth-order valence-corrected chi connectivity index (χ4v) is 3.45. The number of aromatic nitrogens is 8. The number of amides is 1. The topological polar surface area (TPSA) is 128 Å². The van der Waals surface area contributed by atoms with Crippen molar-refractivity contribution in [3.63, 3.8) is 0 Å². The molecule has 35 heavy (non-hydrogen) atoms. The van der Waals surface area contributed by atoms with Gasteiger partial charge in [-0.1, -0.05) is 24.3 Å². The maximum atomic E-state index is 12.7. The van der Waals surface area contributed by atoms with Gasteiger partial charge in [0.25, 0.3) is 5.91 Å². The summed E-state index contributed by atoms with van der Waals surface area (Å²) in [4.78, 5) is 22.4. The van der Waals surface area contributed by atoms with Crippen molar-refractivity contribution in [2.75, 3.05) is 5.32 Å². The summed E-state index contributed by atoms with van der Waals surface area (Å²) < 4.78 is 1.87. The van der Waals surface area contributed by atoms with Gasteiger partial charge >= 0.3 is 0 Å². The molecular formula is C24H22N10O. The Morgan fingerprint density at radius 1 is 1.00 bits per heavy atom. The van der Waals surface area contributed by atoms with Crippen molar-refractivity contribution in [3.05, 3.63) is 96.5 Å². The average Bonchev–Trinajstić information content (AvgIpc) is 3.54. The average molecular weight is 467 g/mol. The molecule has 3 heterocycles. The Hall–Kier alpha value is -4.93. The lowest BCUT2D eigenvalue weighted by Crippen LogP contribution is -2.23. The van der Waals surface area contributed by atoms with E-state index in [-0.39, 0.29) is 12.5 Å². The Morgan fingerprint density at radius 3 is 2.71 bits per heavy atom. The molecule has 0 bridgehead atoms. The third-order valence-corrected chi connectivity index (χ3v) is 5.31. The van der Waals surface area contributed by atoms with Gasteiger partial charge in [-0.05, 0) is 36.4 Å². The fraction of sp³-hybridized carbons (Fsp3) is 0.125. The summed E-state index contributed by atoms with van der Waals surface area (Å²) >= 11 is 0. The van der Waals surface area contributed by atoms with Crippen LogP contribution in [-0.4, -0.2) is 45.6 Å². The molecule has 0 aliphatic rings. The van der Waals surface area contributed by atoms with Gasteiger partial charge in [0.2, 0.25) is 0 Å². The van der Waals surface area contributed by atoms with E-state index in [1.54, 1.807) is 30.6 Å². The number of nitrogens with one attached hydrogen (secondary N) is 2. The molecule has 11 heteroatoms. The molecule has 0 unspecified atom stereocenters. The van der Waals surface area contributed by atoms with E-state index >= 15 is 0 Å². The highest BCUT2D eigenvalue weighted by atomic mass is 16.1. The second kappa shape index (κ2) is 9.91. The molecule has 0 atom stereocenters. The van der Waals surface area contributed by atoms with E-state index in [9.17, 15) is 4.79 Å². The molecule has 174 valence electrons. The molecule has 1 amide bonds. The minimum absolute atomic E-state index is 0.201. The summed E-state index contributed by atoms with van der Waals surface area (Å²) in [5.74, 6) is 1.18. The Bertz CT molecular complexity index is 1430. The number of nitrogens with zero attached hydrogens (tertiary/aromatic N) is 8. The summed E-state index contributed by atoms with van der Waals surface area (Å²) in [6, 6.07) is 18.7. The largest absolute Gasteiger partial charge is 0.378 e. The first-order valence-electron chi connectivity index (χ1n) is 10.9. The van der Waals surface area contributed by atoms with Crippen molar-refractivity contribution >= 4 is 11.6 Å². The number of carbonyl (C=O) groups is 1. The molecule has 0 saturated carbocycles. The molecule has 0 saturated heterocycles. The van der Waals surface area contributed by atoms with Crippen LogP contribution in [0.15, 0.2) is 79.4 Å². The Kier molecular flexibility index (Phi) is 6.20. The number of hydrogen-bond acceptors (Lipinski definition) is 8. The zero-order valence-electron chi connectivity index (χ0n) is 18.9. The zero-order valence-corrected chi connectivity index (χ0v) is 18.9. The highest BCUT2D eigenvalue weighted by Gasteiger charge is 2.12. The van der Waals surface area contributed by atoms with Gasteiger partial charge in [-0.2, -0.15) is 15.0 Å². The third kappa shape index (κ3) is 5.03. The van der Waals surface area contributed by atoms with Crippen LogP contribution in [0.25, 0.3) is 17.2 Å². The van der Waals surface area contributed by atoms with Crippen LogP contribution in [0.1, 0.15) is 21.9 Å². The molecule has 5 rings (SSSR count). The summed E-state index contributed by atoms with van der Waals surface area (Å²) in [5.41, 5.74) is 3.54. The lowest BCUT2D eigenvalue weighted by molar-refractivity contribution is 0.0950. The maximum Gasteiger partial charge on any atom is 0.251 e. The van der Waals surface area contributed by atoms with E-state index in [1.165, 1.54) is 11.1 Å². The van der Waals surface area contributed by atoms with E-state index < -0.39 is 0 Å². The number of rotatable bonds is 8. The Balaban J connectivity index is 1.19. The van der Waals surface area contributed by atoms with Gasteiger partial charge in [0.15, 0.2) is 11.6 Å². The van der Waals surface area contributed by atoms with Crippen molar-refractivity contribution in [2.24, 2.45) is 7.05 Å². The van der Waals surface area contributed by atoms with Gasteiger partial charge in [-0.3, -0.25) is 4.79 Å². The SMILES string of the molecule is Cn1c(CNc2cccc(C(=O)NCc3cnn(-c4ccccc4)n3)c2)nnc1-c1ccncn1. The molecule has 2 aromatic carbocycles. The molecule has 3 aromatic heterocycles. The third-order valence-electron chi connectivity index (χ3n) is 5.31. The molecular weight excluding hydrogens is 444 g/mol. The van der Waals surface area contributed by atoms with Crippen LogP contribution >= 0.6 is 0 Å². The van der Waals surface area contributed by atoms with E-state index in [1.807, 2.05) is 54.1 Å². The van der Waals surface area contributed by atoms with E-state index in [4.69, 9.17) is 0 Å². The molecule has 0 aliphatic carbocycles. The van der Waals surface area contributed by atoms with E-state index in [0.717, 1.165) is 17.2 Å². The van der Waals surface area contributed by atoms with Gasteiger partial charge < -0.3 is 15.2 Å². The molecule has 0 radical (unpaired) electrons. The lowest BCUT2D eigenvalue weighted by Gasteiger charge is -2.09. The fourth-order valence-electron chi connectivity index (χ4n) is 3.45. The molecule has 0 fully saturated rings. The maximum absolute atomic E-state index is 12.7. The molecule has 5 aromatic rings. The minimum Gasteiger partial charge on any atom is -0.378 e. The number of carbonyl (C=O) groups excluding carboxylic acids is 1. The van der Waals surface area contributed by atoms with Crippen LogP contribution in [0.4, 0.5) is 5.69 Å². The Labute approximate surface area is 200 Å². The first-order chi connectivity index (χ1) is 17.2. The predicted octanol–water partition coefficient (Wildman–Crippen LogP) is 2.39. The molecule has 0 spiro atoms. The number of anilines is 1. The van der Waals surface area contributed by atoms with Crippen molar-refractivity contribution in [1.29, 1.82) is 0 Å². The van der Waals surface area contributed by atoms with E-state index in [0.29, 0.717) is 29.3 Å². The molecule has 11 nitrogen and oxygen atoms in total. The Morgan fingerprint density at radius 2 is 1.89 bits per heavy atom. The van der Waals surface area contributed by atoms with Crippen molar-refractivity contribution < 1.29 is 4.79 Å². The zero-order chi connectivity index (χ0) is 24.0. The van der Waals surface area contributed by atoms with Crippen LogP contribution < -0.4 is 10.6 Å². The van der Waals surface area contributed by atoms with Crippen molar-refractivity contribution in [3.8, 4) is 17.2 Å². The molecule has 0 aliphatic heterocycles. The summed E-state index contributed by atoms with van der Waals surface area (Å²) in [7, 11) is 1.88. The lowest BCUT2D eigenvalue weighted by atomic mass is 10.2. The van der Waals surface area contributed by atoms with Gasteiger partial charge in [-0.25, -0.2) is 9.97 Å².